The van der Waals surface area contributed by atoms with Gasteiger partial charge in [-0.1, -0.05) is 0 Å². The van der Waals surface area contributed by atoms with Gasteiger partial charge in [0.2, 0.25) is 5.91 Å². The second-order valence-corrected chi connectivity index (χ2v) is 1.93. The quantitative estimate of drug-likeness (QED) is 0.509. The molecule has 0 aromatic heterocycles. The molecule has 1 amide bonds. The molecule has 1 atom stereocenters. The molecule has 0 bridgehead atoms. The van der Waals surface area contributed by atoms with Crippen molar-refractivity contribution in [2.75, 3.05) is 7.05 Å². The van der Waals surface area contributed by atoms with E-state index < -0.39 is 0 Å². The number of carbonyl (C=O) groups excluding carboxylic acids is 1. The number of nitrogens with zero attached hydrogens (tertiary/aromatic N) is 2. The Hall–Kier alpha value is -1.04. The standard InChI is InChI=1S/C6H10N2O/c1-5(4-7)8(3)6(2)9/h5H,1-3H3/t5-/m1/s1. The van der Waals surface area contributed by atoms with E-state index in [9.17, 15) is 4.79 Å². The van der Waals surface area contributed by atoms with Gasteiger partial charge >= 0.3 is 0 Å². The average Bonchev–Trinajstić information content (AvgIpc) is 1.84. The van der Waals surface area contributed by atoms with Crippen LogP contribution < -0.4 is 0 Å². The predicted molar refractivity (Wildman–Crippen MR) is 33.5 cm³/mol. The molecule has 0 saturated heterocycles. The van der Waals surface area contributed by atoms with Gasteiger partial charge in [-0.15, -0.1) is 0 Å². The molecule has 0 aliphatic rings. The zero-order valence-corrected chi connectivity index (χ0v) is 5.88. The van der Waals surface area contributed by atoms with Crippen molar-refractivity contribution < 1.29 is 4.79 Å². The molecule has 0 heterocycles. The van der Waals surface area contributed by atoms with Gasteiger partial charge in [0.1, 0.15) is 6.04 Å². The molecule has 0 spiro atoms. The van der Waals surface area contributed by atoms with Crippen molar-refractivity contribution in [2.24, 2.45) is 0 Å². The fourth-order valence-electron chi connectivity index (χ4n) is 0.359. The van der Waals surface area contributed by atoms with E-state index in [4.69, 9.17) is 5.26 Å². The van der Waals surface area contributed by atoms with Crippen LogP contribution in [0.2, 0.25) is 0 Å². The molecule has 0 aromatic rings. The summed E-state index contributed by atoms with van der Waals surface area (Å²) in [6.07, 6.45) is 0. The fourth-order valence-corrected chi connectivity index (χ4v) is 0.359. The van der Waals surface area contributed by atoms with Crippen molar-refractivity contribution in [3.63, 3.8) is 0 Å². The molecule has 0 aliphatic carbocycles. The molecule has 0 saturated carbocycles. The monoisotopic (exact) mass is 126 g/mol. The first-order chi connectivity index (χ1) is 4.09. The Balaban J connectivity index is 3.91. The summed E-state index contributed by atoms with van der Waals surface area (Å²) in [5, 5.41) is 8.31. The lowest BCUT2D eigenvalue weighted by molar-refractivity contribution is -0.128. The predicted octanol–water partition coefficient (Wildman–Crippen LogP) is 0.377. The summed E-state index contributed by atoms with van der Waals surface area (Å²) in [6.45, 7) is 3.12. The number of hydrogen-bond acceptors (Lipinski definition) is 2. The van der Waals surface area contributed by atoms with Gasteiger partial charge in [0.05, 0.1) is 6.07 Å². The van der Waals surface area contributed by atoms with Crippen molar-refractivity contribution in [2.45, 2.75) is 19.9 Å². The minimum absolute atomic E-state index is 0.0796. The molecule has 0 unspecified atom stereocenters. The molecule has 0 aromatic carbocycles. The highest BCUT2D eigenvalue weighted by molar-refractivity contribution is 5.73. The second-order valence-electron chi connectivity index (χ2n) is 1.93. The summed E-state index contributed by atoms with van der Waals surface area (Å²) in [4.78, 5) is 11.9. The van der Waals surface area contributed by atoms with Gasteiger partial charge in [-0.3, -0.25) is 4.79 Å². The molecule has 0 fully saturated rings. The first-order valence-electron chi connectivity index (χ1n) is 2.72. The first-order valence-corrected chi connectivity index (χ1v) is 2.72. The van der Waals surface area contributed by atoms with E-state index in [2.05, 4.69) is 0 Å². The van der Waals surface area contributed by atoms with Crippen molar-refractivity contribution in [3.05, 3.63) is 0 Å². The maximum absolute atomic E-state index is 10.5. The second kappa shape index (κ2) is 3.08. The van der Waals surface area contributed by atoms with E-state index in [1.54, 1.807) is 14.0 Å². The zero-order valence-electron chi connectivity index (χ0n) is 5.88. The molecule has 9 heavy (non-hydrogen) atoms. The van der Waals surface area contributed by atoms with E-state index in [1.165, 1.54) is 11.8 Å². The maximum Gasteiger partial charge on any atom is 0.220 e. The van der Waals surface area contributed by atoms with Gasteiger partial charge in [-0.05, 0) is 6.92 Å². The Morgan fingerprint density at radius 2 is 2.22 bits per heavy atom. The van der Waals surface area contributed by atoms with Crippen LogP contribution in [0.1, 0.15) is 13.8 Å². The van der Waals surface area contributed by atoms with E-state index >= 15 is 0 Å². The van der Waals surface area contributed by atoms with Crippen molar-refractivity contribution in [3.8, 4) is 6.07 Å². The van der Waals surface area contributed by atoms with Crippen molar-refractivity contribution in [1.29, 1.82) is 5.26 Å². The van der Waals surface area contributed by atoms with Crippen LogP contribution in [0.3, 0.4) is 0 Å². The molecule has 0 aliphatic heterocycles. The Bertz CT molecular complexity index is 148. The smallest absolute Gasteiger partial charge is 0.220 e. The van der Waals surface area contributed by atoms with Crippen LogP contribution in [0.15, 0.2) is 0 Å². The maximum atomic E-state index is 10.5. The van der Waals surface area contributed by atoms with Crippen LogP contribution in [0.4, 0.5) is 0 Å². The molecule has 0 radical (unpaired) electrons. The van der Waals surface area contributed by atoms with Gasteiger partial charge in [-0.25, -0.2) is 0 Å². The van der Waals surface area contributed by atoms with E-state index in [0.717, 1.165) is 0 Å². The van der Waals surface area contributed by atoms with Crippen molar-refractivity contribution >= 4 is 5.91 Å². The summed E-state index contributed by atoms with van der Waals surface area (Å²) in [7, 11) is 1.61. The molecule has 50 valence electrons. The van der Waals surface area contributed by atoms with E-state index in [-0.39, 0.29) is 11.9 Å². The summed E-state index contributed by atoms with van der Waals surface area (Å²) in [6, 6.07) is 1.63. The Morgan fingerprint density at radius 1 is 1.78 bits per heavy atom. The molecule has 3 heteroatoms. The van der Waals surface area contributed by atoms with Crippen LogP contribution in [0, 0.1) is 11.3 Å². The number of hydrogen-bond donors (Lipinski definition) is 0. The zero-order chi connectivity index (χ0) is 7.44. The van der Waals surface area contributed by atoms with Gasteiger partial charge in [-0.2, -0.15) is 5.26 Å². The third kappa shape index (κ3) is 2.13. The lowest BCUT2D eigenvalue weighted by Gasteiger charge is -2.15. The van der Waals surface area contributed by atoms with Crippen LogP contribution in [0.5, 0.6) is 0 Å². The summed E-state index contributed by atoms with van der Waals surface area (Å²) >= 11 is 0. The molecule has 0 rings (SSSR count). The highest BCUT2D eigenvalue weighted by Gasteiger charge is 2.08. The molecular formula is C6H10N2O. The first kappa shape index (κ1) is 7.96. The highest BCUT2D eigenvalue weighted by Crippen LogP contribution is 1.91. The van der Waals surface area contributed by atoms with Gasteiger partial charge in [0, 0.05) is 14.0 Å². The highest BCUT2D eigenvalue weighted by atomic mass is 16.2. The normalized spacial score (nSPS) is 11.8. The summed E-state index contributed by atoms with van der Waals surface area (Å²) < 4.78 is 0. The Labute approximate surface area is 54.9 Å². The number of rotatable bonds is 1. The number of amides is 1. The topological polar surface area (TPSA) is 44.1 Å². The van der Waals surface area contributed by atoms with Gasteiger partial charge in [0.15, 0.2) is 0 Å². The van der Waals surface area contributed by atoms with Crippen molar-refractivity contribution in [1.82, 2.24) is 4.90 Å². The number of nitriles is 1. The van der Waals surface area contributed by atoms with E-state index in [1.807, 2.05) is 6.07 Å². The minimum Gasteiger partial charge on any atom is -0.330 e. The lowest BCUT2D eigenvalue weighted by Crippen LogP contribution is -2.31. The third-order valence-corrected chi connectivity index (χ3v) is 1.26. The van der Waals surface area contributed by atoms with Crippen LogP contribution in [-0.2, 0) is 4.79 Å². The Kier molecular flexibility index (Phi) is 2.72. The Morgan fingerprint density at radius 3 is 2.33 bits per heavy atom. The van der Waals surface area contributed by atoms with Gasteiger partial charge in [0.25, 0.3) is 0 Å². The fraction of sp³-hybridized carbons (Fsp3) is 0.667. The molecular weight excluding hydrogens is 116 g/mol. The SMILES string of the molecule is CC(=O)N(C)[C@H](C)C#N. The largest absolute Gasteiger partial charge is 0.330 e. The molecule has 0 N–H and O–H groups in total. The molecule has 3 nitrogen and oxygen atoms in total. The lowest BCUT2D eigenvalue weighted by atomic mass is 10.3. The van der Waals surface area contributed by atoms with Crippen LogP contribution >= 0.6 is 0 Å². The van der Waals surface area contributed by atoms with Gasteiger partial charge < -0.3 is 4.90 Å². The average molecular weight is 126 g/mol. The van der Waals surface area contributed by atoms with Crippen LogP contribution in [-0.4, -0.2) is 23.9 Å². The third-order valence-electron chi connectivity index (χ3n) is 1.26. The minimum atomic E-state index is -0.317. The number of carbonyl (C=O) groups is 1. The van der Waals surface area contributed by atoms with E-state index in [0.29, 0.717) is 0 Å². The summed E-state index contributed by atoms with van der Waals surface area (Å²) in [5.74, 6) is -0.0796. The van der Waals surface area contributed by atoms with Crippen LogP contribution in [0.25, 0.3) is 0 Å². The summed E-state index contributed by atoms with van der Waals surface area (Å²) in [5.41, 5.74) is 0.